The molecule has 1 fully saturated rings. The lowest BCUT2D eigenvalue weighted by Gasteiger charge is -2.22. The van der Waals surface area contributed by atoms with E-state index in [-0.39, 0.29) is 17.7 Å². The van der Waals surface area contributed by atoms with E-state index in [2.05, 4.69) is 18.7 Å². The number of hydrogen-bond acceptors (Lipinski definition) is 5. The summed E-state index contributed by atoms with van der Waals surface area (Å²) in [4.78, 5) is 29.6. The first-order valence-electron chi connectivity index (χ1n) is 11.6. The summed E-state index contributed by atoms with van der Waals surface area (Å²) >= 11 is 13.1. The Hall–Kier alpha value is -2.93. The minimum Gasteiger partial charge on any atom is -0.488 e. The minimum absolute atomic E-state index is 0.0796. The predicted molar refractivity (Wildman–Crippen MR) is 149 cm³/mol. The molecule has 0 atom stereocenters. The zero-order valence-corrected chi connectivity index (χ0v) is 22.4. The molecule has 0 saturated carbocycles. The summed E-state index contributed by atoms with van der Waals surface area (Å²) in [7, 11) is 0. The number of rotatable bonds is 9. The number of ether oxygens (including phenoxy) is 1. The number of halogens is 2. The van der Waals surface area contributed by atoms with Crippen LogP contribution in [0.5, 0.6) is 5.75 Å². The van der Waals surface area contributed by atoms with Gasteiger partial charge in [0.1, 0.15) is 12.4 Å². The second kappa shape index (κ2) is 11.9. The number of benzene rings is 3. The average Bonchev–Trinajstić information content (AvgIpc) is 3.14. The van der Waals surface area contributed by atoms with Crippen LogP contribution >= 0.6 is 35.0 Å². The van der Waals surface area contributed by atoms with Gasteiger partial charge in [-0.05, 0) is 67.1 Å². The van der Waals surface area contributed by atoms with Crippen LogP contribution in [0.2, 0.25) is 10.0 Å². The van der Waals surface area contributed by atoms with E-state index in [1.807, 2.05) is 48.5 Å². The van der Waals surface area contributed by atoms with Crippen molar-refractivity contribution in [2.45, 2.75) is 27.0 Å². The number of imide groups is 1. The van der Waals surface area contributed by atoms with Crippen LogP contribution in [-0.4, -0.2) is 29.1 Å². The molecule has 0 radical (unpaired) electrons. The molecule has 8 heteroatoms. The maximum absolute atomic E-state index is 13.2. The fourth-order valence-corrected chi connectivity index (χ4v) is 5.18. The van der Waals surface area contributed by atoms with Gasteiger partial charge in [-0.2, -0.15) is 0 Å². The van der Waals surface area contributed by atoms with Gasteiger partial charge in [0, 0.05) is 40.5 Å². The summed E-state index contributed by atoms with van der Waals surface area (Å²) in [5, 5.41) is 0.562. The van der Waals surface area contributed by atoms with Crippen LogP contribution in [0.15, 0.2) is 71.6 Å². The van der Waals surface area contributed by atoms with Gasteiger partial charge >= 0.3 is 0 Å². The third-order valence-corrected chi connectivity index (χ3v) is 7.36. The van der Waals surface area contributed by atoms with Gasteiger partial charge in [0.05, 0.1) is 11.4 Å². The molecule has 3 aromatic carbocycles. The zero-order chi connectivity index (χ0) is 25.7. The molecule has 1 aliphatic heterocycles. The van der Waals surface area contributed by atoms with Gasteiger partial charge in [-0.3, -0.25) is 14.5 Å². The molecule has 0 spiro atoms. The van der Waals surface area contributed by atoms with Gasteiger partial charge in [-0.1, -0.05) is 59.6 Å². The molecule has 5 nitrogen and oxygen atoms in total. The third kappa shape index (κ3) is 6.06. The lowest BCUT2D eigenvalue weighted by atomic mass is 10.1. The number of hydrogen-bond donors (Lipinski definition) is 0. The van der Waals surface area contributed by atoms with E-state index in [1.165, 1.54) is 4.90 Å². The monoisotopic (exact) mass is 540 g/mol. The Kier molecular flexibility index (Phi) is 8.62. The molecule has 0 bridgehead atoms. The third-order valence-electron chi connectivity index (χ3n) is 5.87. The van der Waals surface area contributed by atoms with Gasteiger partial charge in [-0.25, -0.2) is 0 Å². The molecule has 0 aliphatic carbocycles. The second-order valence-corrected chi connectivity index (χ2v) is 10.0. The highest BCUT2D eigenvalue weighted by Gasteiger charge is 2.35. The maximum atomic E-state index is 13.2. The van der Waals surface area contributed by atoms with E-state index < -0.39 is 0 Å². The van der Waals surface area contributed by atoms with Crippen LogP contribution in [0.25, 0.3) is 6.08 Å². The van der Waals surface area contributed by atoms with Crippen LogP contribution in [0.3, 0.4) is 0 Å². The summed E-state index contributed by atoms with van der Waals surface area (Å²) in [6, 6.07) is 20.8. The molecule has 0 unspecified atom stereocenters. The van der Waals surface area contributed by atoms with Gasteiger partial charge in [-0.15, -0.1) is 0 Å². The fraction of sp³-hybridized carbons (Fsp3) is 0.214. The lowest BCUT2D eigenvalue weighted by Crippen LogP contribution is -2.27. The number of carbonyl (C=O) groups is 2. The number of anilines is 1. The van der Waals surface area contributed by atoms with Gasteiger partial charge < -0.3 is 9.64 Å². The Morgan fingerprint density at radius 3 is 2.42 bits per heavy atom. The van der Waals surface area contributed by atoms with Crippen molar-refractivity contribution in [1.29, 1.82) is 0 Å². The lowest BCUT2D eigenvalue weighted by molar-refractivity contribution is -0.123. The highest BCUT2D eigenvalue weighted by molar-refractivity contribution is 8.18. The highest BCUT2D eigenvalue weighted by Crippen LogP contribution is 2.37. The normalized spacial score (nSPS) is 14.6. The Morgan fingerprint density at radius 1 is 0.972 bits per heavy atom. The van der Waals surface area contributed by atoms with Gasteiger partial charge in [0.15, 0.2) is 0 Å². The molecular formula is C28H26Cl2N2O3S. The van der Waals surface area contributed by atoms with Crippen LogP contribution in [-0.2, 0) is 17.9 Å². The largest absolute Gasteiger partial charge is 0.488 e. The Balaban J connectivity index is 1.61. The van der Waals surface area contributed by atoms with E-state index in [4.69, 9.17) is 27.9 Å². The van der Waals surface area contributed by atoms with Crippen molar-refractivity contribution in [1.82, 2.24) is 4.90 Å². The molecule has 3 aromatic rings. The SMILES string of the molecule is CCN(CC)c1ccc(/C=C2/SC(=O)N(Cc3ccc(Cl)cc3Cl)C2=O)c(OCc2ccccc2)c1. The average molecular weight is 542 g/mol. The molecule has 186 valence electrons. The summed E-state index contributed by atoms with van der Waals surface area (Å²) in [5.41, 5.74) is 3.46. The first kappa shape index (κ1) is 26.1. The summed E-state index contributed by atoms with van der Waals surface area (Å²) < 4.78 is 6.20. The van der Waals surface area contributed by atoms with Crippen molar-refractivity contribution in [2.75, 3.05) is 18.0 Å². The van der Waals surface area contributed by atoms with E-state index >= 15 is 0 Å². The van der Waals surface area contributed by atoms with Crippen molar-refractivity contribution in [3.8, 4) is 5.75 Å². The highest BCUT2D eigenvalue weighted by atomic mass is 35.5. The fourth-order valence-electron chi connectivity index (χ4n) is 3.89. The molecule has 4 rings (SSSR count). The van der Waals surface area contributed by atoms with Crippen molar-refractivity contribution < 1.29 is 14.3 Å². The summed E-state index contributed by atoms with van der Waals surface area (Å²) in [5.74, 6) is 0.286. The molecule has 1 aliphatic rings. The smallest absolute Gasteiger partial charge is 0.293 e. The molecule has 1 heterocycles. The van der Waals surface area contributed by atoms with Crippen molar-refractivity contribution in [2.24, 2.45) is 0 Å². The molecule has 1 saturated heterocycles. The van der Waals surface area contributed by atoms with Crippen LogP contribution in [0.4, 0.5) is 10.5 Å². The predicted octanol–water partition coefficient (Wildman–Crippen LogP) is 7.66. The van der Waals surface area contributed by atoms with E-state index in [0.717, 1.165) is 41.7 Å². The van der Waals surface area contributed by atoms with Crippen molar-refractivity contribution in [3.05, 3.63) is 98.4 Å². The Labute approximate surface area is 225 Å². The van der Waals surface area contributed by atoms with Gasteiger partial charge in [0.25, 0.3) is 11.1 Å². The second-order valence-electron chi connectivity index (χ2n) is 8.17. The van der Waals surface area contributed by atoms with E-state index in [1.54, 1.807) is 24.3 Å². The number of amides is 2. The number of nitrogens with zero attached hydrogens (tertiary/aromatic N) is 2. The zero-order valence-electron chi connectivity index (χ0n) is 20.0. The number of carbonyl (C=O) groups excluding carboxylic acids is 2. The van der Waals surface area contributed by atoms with E-state index in [9.17, 15) is 9.59 Å². The first-order valence-corrected chi connectivity index (χ1v) is 13.2. The van der Waals surface area contributed by atoms with Crippen LogP contribution in [0, 0.1) is 0 Å². The molecule has 36 heavy (non-hydrogen) atoms. The minimum atomic E-state index is -0.363. The molecule has 0 aromatic heterocycles. The quantitative estimate of drug-likeness (QED) is 0.261. The molecule has 2 amide bonds. The topological polar surface area (TPSA) is 49.9 Å². The number of thioether (sulfide) groups is 1. The first-order chi connectivity index (χ1) is 17.4. The van der Waals surface area contributed by atoms with Gasteiger partial charge in [0.2, 0.25) is 0 Å². The van der Waals surface area contributed by atoms with Crippen molar-refractivity contribution in [3.63, 3.8) is 0 Å². The Bertz CT molecular complexity index is 1290. The van der Waals surface area contributed by atoms with Crippen LogP contribution < -0.4 is 9.64 Å². The van der Waals surface area contributed by atoms with Crippen molar-refractivity contribution >= 4 is 57.9 Å². The summed E-state index contributed by atoms with van der Waals surface area (Å²) in [6.45, 7) is 6.40. The molecule has 0 N–H and O–H groups in total. The molecular weight excluding hydrogens is 515 g/mol. The van der Waals surface area contributed by atoms with E-state index in [0.29, 0.717) is 32.9 Å². The Morgan fingerprint density at radius 2 is 1.72 bits per heavy atom. The maximum Gasteiger partial charge on any atom is 0.293 e. The standard InChI is InChI=1S/C28H26Cl2N2O3S/c1-3-31(4-2)23-13-11-20(25(16-23)35-18-19-8-6-5-7-9-19)14-26-27(33)32(28(34)36-26)17-21-10-12-22(29)15-24(21)30/h5-16H,3-4,17-18H2,1-2H3/b26-14+. The van der Waals surface area contributed by atoms with Crippen LogP contribution in [0.1, 0.15) is 30.5 Å². The summed E-state index contributed by atoms with van der Waals surface area (Å²) in [6.07, 6.45) is 1.72.